The summed E-state index contributed by atoms with van der Waals surface area (Å²) in [6.07, 6.45) is 0. The second kappa shape index (κ2) is 6.72. The molecule has 2 rings (SSSR count). The molecule has 0 bridgehead atoms. The maximum absolute atomic E-state index is 11.7. The third kappa shape index (κ3) is 4.94. The summed E-state index contributed by atoms with van der Waals surface area (Å²) in [7, 11) is 0. The summed E-state index contributed by atoms with van der Waals surface area (Å²) in [6.45, 7) is 5.55. The number of ether oxygens (including phenoxy) is 1. The van der Waals surface area contributed by atoms with E-state index in [0.29, 0.717) is 3.95 Å². The zero-order valence-corrected chi connectivity index (χ0v) is 14.5. The van der Waals surface area contributed by atoms with Gasteiger partial charge in [-0.1, -0.05) is 41.3 Å². The van der Waals surface area contributed by atoms with Crippen LogP contribution in [0.4, 0.5) is 0 Å². The van der Waals surface area contributed by atoms with Crippen molar-refractivity contribution in [2.24, 2.45) is 0 Å². The molecule has 1 aromatic heterocycles. The van der Waals surface area contributed by atoms with Crippen molar-refractivity contribution in [2.45, 2.75) is 30.7 Å². The maximum atomic E-state index is 11.7. The van der Waals surface area contributed by atoms with E-state index < -0.39 is 5.60 Å². The lowest BCUT2D eigenvalue weighted by atomic mass is 10.2. The van der Waals surface area contributed by atoms with E-state index in [4.69, 9.17) is 17.0 Å². The number of aromatic nitrogens is 2. The Balaban J connectivity index is 2.04. The SMILES string of the molecule is CC(C)(C)OC(=O)CSc1nn(-c2ccccc2)c(=S)s1. The Hall–Kier alpha value is -1.18. The van der Waals surface area contributed by atoms with Gasteiger partial charge in [0.25, 0.3) is 0 Å². The van der Waals surface area contributed by atoms with E-state index in [1.54, 1.807) is 4.68 Å². The molecular weight excluding hydrogens is 324 g/mol. The quantitative estimate of drug-likeness (QED) is 0.476. The lowest BCUT2D eigenvalue weighted by molar-refractivity contribution is -0.151. The second-order valence-corrected chi connectivity index (χ2v) is 8.10. The molecule has 0 atom stereocenters. The van der Waals surface area contributed by atoms with Gasteiger partial charge in [0, 0.05) is 0 Å². The number of benzene rings is 1. The highest BCUT2D eigenvalue weighted by Crippen LogP contribution is 2.24. The van der Waals surface area contributed by atoms with Crippen LogP contribution in [-0.4, -0.2) is 27.1 Å². The van der Waals surface area contributed by atoms with Crippen molar-refractivity contribution in [1.82, 2.24) is 9.78 Å². The van der Waals surface area contributed by atoms with Gasteiger partial charge in [-0.15, -0.1) is 5.10 Å². The number of carbonyl (C=O) groups is 1. The number of hydrogen-bond acceptors (Lipinski definition) is 6. The van der Waals surface area contributed by atoms with Crippen molar-refractivity contribution < 1.29 is 9.53 Å². The van der Waals surface area contributed by atoms with Gasteiger partial charge < -0.3 is 4.74 Å². The summed E-state index contributed by atoms with van der Waals surface area (Å²) in [6, 6.07) is 9.70. The highest BCUT2D eigenvalue weighted by molar-refractivity contribution is 8.01. The predicted molar refractivity (Wildman–Crippen MR) is 88.8 cm³/mol. The molecule has 4 nitrogen and oxygen atoms in total. The number of carbonyl (C=O) groups excluding carboxylic acids is 1. The van der Waals surface area contributed by atoms with Crippen molar-refractivity contribution in [3.8, 4) is 5.69 Å². The number of nitrogens with zero attached hydrogens (tertiary/aromatic N) is 2. The zero-order valence-electron chi connectivity index (χ0n) is 12.0. The van der Waals surface area contributed by atoms with Crippen LogP contribution in [0.3, 0.4) is 0 Å². The summed E-state index contributed by atoms with van der Waals surface area (Å²) >= 11 is 8.05. The van der Waals surface area contributed by atoms with E-state index in [0.717, 1.165) is 10.0 Å². The topological polar surface area (TPSA) is 44.1 Å². The molecule has 112 valence electrons. The van der Waals surface area contributed by atoms with E-state index in [2.05, 4.69) is 5.10 Å². The van der Waals surface area contributed by atoms with Crippen LogP contribution >= 0.6 is 35.3 Å². The van der Waals surface area contributed by atoms with E-state index >= 15 is 0 Å². The summed E-state index contributed by atoms with van der Waals surface area (Å²) < 4.78 is 8.39. The van der Waals surface area contributed by atoms with Gasteiger partial charge in [0.2, 0.25) is 0 Å². The fourth-order valence-corrected chi connectivity index (χ4v) is 3.68. The molecule has 0 aliphatic heterocycles. The number of esters is 1. The molecule has 0 aliphatic carbocycles. The highest BCUT2D eigenvalue weighted by Gasteiger charge is 2.17. The van der Waals surface area contributed by atoms with Gasteiger partial charge in [-0.3, -0.25) is 4.79 Å². The predicted octanol–water partition coefficient (Wildman–Crippen LogP) is 4.10. The summed E-state index contributed by atoms with van der Waals surface area (Å²) in [5.74, 6) is -0.0196. The number of thioether (sulfide) groups is 1. The van der Waals surface area contributed by atoms with E-state index in [-0.39, 0.29) is 11.7 Å². The van der Waals surface area contributed by atoms with Gasteiger partial charge in [0.1, 0.15) is 5.60 Å². The number of rotatable bonds is 4. The molecule has 0 aliphatic rings. The zero-order chi connectivity index (χ0) is 15.5. The first-order valence-electron chi connectivity index (χ1n) is 6.35. The largest absolute Gasteiger partial charge is 0.459 e. The molecule has 0 fully saturated rings. The number of hydrogen-bond donors (Lipinski definition) is 0. The van der Waals surface area contributed by atoms with E-state index in [1.165, 1.54) is 23.1 Å². The molecule has 1 heterocycles. The first-order valence-corrected chi connectivity index (χ1v) is 8.56. The molecule has 0 amide bonds. The van der Waals surface area contributed by atoms with Gasteiger partial charge in [-0.25, -0.2) is 4.68 Å². The van der Waals surface area contributed by atoms with Crippen molar-refractivity contribution >= 4 is 41.3 Å². The Morgan fingerprint density at radius 2 is 2.05 bits per heavy atom. The highest BCUT2D eigenvalue weighted by atomic mass is 32.2. The standard InChI is InChI=1S/C14H16N2O2S3/c1-14(2,3)18-11(17)9-20-12-15-16(13(19)21-12)10-7-5-4-6-8-10/h4-8H,9H2,1-3H3. The lowest BCUT2D eigenvalue weighted by Crippen LogP contribution is -2.24. The van der Waals surface area contributed by atoms with Crippen molar-refractivity contribution in [3.63, 3.8) is 0 Å². The van der Waals surface area contributed by atoms with Gasteiger partial charge >= 0.3 is 5.97 Å². The first kappa shape index (κ1) is 16.2. The Kier molecular flexibility index (Phi) is 5.18. The second-order valence-electron chi connectivity index (χ2n) is 5.26. The molecule has 2 aromatic rings. The van der Waals surface area contributed by atoms with Crippen molar-refractivity contribution in [3.05, 3.63) is 34.3 Å². The van der Waals surface area contributed by atoms with Crippen LogP contribution in [0.25, 0.3) is 5.69 Å². The monoisotopic (exact) mass is 340 g/mol. The average Bonchev–Trinajstić information content (AvgIpc) is 2.77. The molecule has 21 heavy (non-hydrogen) atoms. The Labute approximate surface area is 137 Å². The van der Waals surface area contributed by atoms with Crippen molar-refractivity contribution in [2.75, 3.05) is 5.75 Å². The lowest BCUT2D eigenvalue weighted by Gasteiger charge is -2.18. The summed E-state index contributed by atoms with van der Waals surface area (Å²) in [5, 5.41) is 4.43. The molecule has 0 N–H and O–H groups in total. The van der Waals surface area contributed by atoms with Gasteiger partial charge in [0.05, 0.1) is 11.4 Å². The fraction of sp³-hybridized carbons (Fsp3) is 0.357. The normalized spacial score (nSPS) is 11.4. The third-order valence-corrected chi connectivity index (χ3v) is 4.60. The minimum atomic E-state index is -0.465. The summed E-state index contributed by atoms with van der Waals surface area (Å²) in [4.78, 5) is 11.7. The van der Waals surface area contributed by atoms with Crippen LogP contribution in [0.2, 0.25) is 0 Å². The maximum Gasteiger partial charge on any atom is 0.316 e. The molecule has 0 saturated carbocycles. The number of para-hydroxylation sites is 1. The fourth-order valence-electron chi connectivity index (χ4n) is 1.54. The van der Waals surface area contributed by atoms with E-state index in [1.807, 2.05) is 51.1 Å². The Bertz CT molecular complexity index is 672. The van der Waals surface area contributed by atoms with Crippen LogP contribution in [0.1, 0.15) is 20.8 Å². The van der Waals surface area contributed by atoms with Crippen molar-refractivity contribution in [1.29, 1.82) is 0 Å². The minimum absolute atomic E-state index is 0.231. The minimum Gasteiger partial charge on any atom is -0.459 e. The molecular formula is C14H16N2O2S3. The smallest absolute Gasteiger partial charge is 0.316 e. The summed E-state index contributed by atoms with van der Waals surface area (Å²) in [5.41, 5.74) is 0.455. The van der Waals surface area contributed by atoms with Gasteiger partial charge in [0.15, 0.2) is 8.29 Å². The molecule has 7 heteroatoms. The van der Waals surface area contributed by atoms with Gasteiger partial charge in [-0.05, 0) is 45.1 Å². The molecule has 1 aromatic carbocycles. The molecule has 0 unspecified atom stereocenters. The Morgan fingerprint density at radius 1 is 1.38 bits per heavy atom. The molecule has 0 saturated heterocycles. The van der Waals surface area contributed by atoms with Crippen LogP contribution in [0, 0.1) is 3.95 Å². The van der Waals surface area contributed by atoms with Crippen LogP contribution < -0.4 is 0 Å². The van der Waals surface area contributed by atoms with Crippen LogP contribution in [0.15, 0.2) is 34.7 Å². The van der Waals surface area contributed by atoms with Crippen LogP contribution in [-0.2, 0) is 9.53 Å². The van der Waals surface area contributed by atoms with Crippen LogP contribution in [0.5, 0.6) is 0 Å². The van der Waals surface area contributed by atoms with E-state index in [9.17, 15) is 4.79 Å². The molecule has 0 spiro atoms. The third-order valence-electron chi connectivity index (χ3n) is 2.26. The average molecular weight is 340 g/mol. The molecule has 0 radical (unpaired) electrons. The van der Waals surface area contributed by atoms with Gasteiger partial charge in [-0.2, -0.15) is 0 Å². The Morgan fingerprint density at radius 3 is 2.67 bits per heavy atom. The first-order chi connectivity index (χ1) is 9.85.